The highest BCUT2D eigenvalue weighted by Crippen LogP contribution is 2.30. The van der Waals surface area contributed by atoms with Gasteiger partial charge in [0, 0.05) is 19.2 Å². The summed E-state index contributed by atoms with van der Waals surface area (Å²) >= 11 is 1.51. The molecular formula is C16H11F2N3O2S. The molecule has 0 N–H and O–H groups in total. The van der Waals surface area contributed by atoms with Crippen molar-refractivity contribution in [3.05, 3.63) is 58.8 Å². The Hall–Kier alpha value is -2.61. The van der Waals surface area contributed by atoms with E-state index >= 15 is 0 Å². The van der Waals surface area contributed by atoms with Gasteiger partial charge in [-0.25, -0.2) is 8.78 Å². The van der Waals surface area contributed by atoms with Crippen LogP contribution in [0.2, 0.25) is 0 Å². The summed E-state index contributed by atoms with van der Waals surface area (Å²) in [6.07, 6.45) is 0. The van der Waals surface area contributed by atoms with Gasteiger partial charge in [-0.15, -0.1) is 11.3 Å². The fourth-order valence-corrected chi connectivity index (χ4v) is 3.19. The maximum Gasteiger partial charge on any atom is 0.256 e. The monoisotopic (exact) mass is 347 g/mol. The molecule has 1 amide bonds. The molecule has 5 nitrogen and oxygen atoms in total. The molecule has 3 heterocycles. The molecule has 1 saturated heterocycles. The van der Waals surface area contributed by atoms with E-state index in [-0.39, 0.29) is 11.5 Å². The van der Waals surface area contributed by atoms with E-state index in [0.717, 1.165) is 17.0 Å². The Kier molecular flexibility index (Phi) is 3.61. The number of likely N-dealkylation sites (tertiary alicyclic amines) is 1. The van der Waals surface area contributed by atoms with Crippen LogP contribution in [-0.2, 0) is 0 Å². The minimum absolute atomic E-state index is 0.0707. The topological polar surface area (TPSA) is 59.2 Å². The second-order valence-corrected chi connectivity index (χ2v) is 6.41. The molecule has 0 saturated carbocycles. The Balaban J connectivity index is 1.44. The maximum atomic E-state index is 13.7. The third-order valence-corrected chi connectivity index (χ3v) is 4.73. The van der Waals surface area contributed by atoms with Crippen molar-refractivity contribution in [3.63, 3.8) is 0 Å². The van der Waals surface area contributed by atoms with Crippen molar-refractivity contribution in [2.45, 2.75) is 5.92 Å². The summed E-state index contributed by atoms with van der Waals surface area (Å²) in [7, 11) is 0. The van der Waals surface area contributed by atoms with Gasteiger partial charge in [-0.3, -0.25) is 4.79 Å². The molecule has 1 aromatic carbocycles. The van der Waals surface area contributed by atoms with Crippen LogP contribution < -0.4 is 0 Å². The molecular weight excluding hydrogens is 336 g/mol. The molecule has 0 bridgehead atoms. The van der Waals surface area contributed by atoms with Crippen LogP contribution in [-0.4, -0.2) is 34.0 Å². The zero-order valence-electron chi connectivity index (χ0n) is 12.3. The van der Waals surface area contributed by atoms with Gasteiger partial charge in [0.25, 0.3) is 5.91 Å². The van der Waals surface area contributed by atoms with Gasteiger partial charge in [-0.2, -0.15) is 4.98 Å². The average molecular weight is 347 g/mol. The molecule has 0 unspecified atom stereocenters. The second kappa shape index (κ2) is 5.79. The van der Waals surface area contributed by atoms with Gasteiger partial charge in [0.05, 0.1) is 16.4 Å². The predicted octanol–water partition coefficient (Wildman–Crippen LogP) is 3.32. The molecule has 4 rings (SSSR count). The third-order valence-electron chi connectivity index (χ3n) is 3.86. The highest BCUT2D eigenvalue weighted by atomic mass is 32.1. The molecule has 1 aliphatic rings. The summed E-state index contributed by atoms with van der Waals surface area (Å²) in [5.74, 6) is -1.13. The van der Waals surface area contributed by atoms with Crippen LogP contribution in [0.15, 0.2) is 40.2 Å². The normalized spacial score (nSPS) is 14.7. The standard InChI is InChI=1S/C16H11F2N3O2S/c17-10-3-4-11(12(18)6-10)16(22)21-7-9(8-21)15-19-14(20-23-15)13-2-1-5-24-13/h1-6,9H,7-8H2. The van der Waals surface area contributed by atoms with Crippen LogP contribution in [0.5, 0.6) is 0 Å². The lowest BCUT2D eigenvalue weighted by atomic mass is 9.98. The smallest absolute Gasteiger partial charge is 0.256 e. The number of hydrogen-bond donors (Lipinski definition) is 0. The number of nitrogens with zero attached hydrogens (tertiary/aromatic N) is 3. The van der Waals surface area contributed by atoms with Crippen LogP contribution >= 0.6 is 11.3 Å². The quantitative estimate of drug-likeness (QED) is 0.729. The molecule has 8 heteroatoms. The highest BCUT2D eigenvalue weighted by molar-refractivity contribution is 7.13. The van der Waals surface area contributed by atoms with Crippen LogP contribution in [0.1, 0.15) is 22.2 Å². The molecule has 3 aromatic rings. The number of hydrogen-bond acceptors (Lipinski definition) is 5. The SMILES string of the molecule is O=C(c1ccc(F)cc1F)N1CC(c2nc(-c3cccs3)no2)C1. The van der Waals surface area contributed by atoms with Crippen molar-refractivity contribution in [1.82, 2.24) is 15.0 Å². The lowest BCUT2D eigenvalue weighted by Gasteiger charge is -2.37. The van der Waals surface area contributed by atoms with Crippen molar-refractivity contribution in [2.75, 3.05) is 13.1 Å². The Morgan fingerprint density at radius 1 is 1.29 bits per heavy atom. The number of rotatable bonds is 3. The Morgan fingerprint density at radius 2 is 2.12 bits per heavy atom. The van der Waals surface area contributed by atoms with Gasteiger partial charge >= 0.3 is 0 Å². The molecule has 122 valence electrons. The predicted molar refractivity (Wildman–Crippen MR) is 82.6 cm³/mol. The van der Waals surface area contributed by atoms with E-state index in [0.29, 0.717) is 30.9 Å². The Bertz CT molecular complexity index is 889. The number of aromatic nitrogens is 2. The summed E-state index contributed by atoms with van der Waals surface area (Å²) in [5, 5.41) is 5.86. The van der Waals surface area contributed by atoms with Crippen LogP contribution in [0.25, 0.3) is 10.7 Å². The minimum Gasteiger partial charge on any atom is -0.339 e. The summed E-state index contributed by atoms with van der Waals surface area (Å²) < 4.78 is 31.8. The number of benzene rings is 1. The van der Waals surface area contributed by atoms with Gasteiger partial charge in [0.2, 0.25) is 11.7 Å². The van der Waals surface area contributed by atoms with Crippen molar-refractivity contribution in [1.29, 1.82) is 0 Å². The molecule has 0 radical (unpaired) electrons. The molecule has 1 fully saturated rings. The molecule has 2 aromatic heterocycles. The lowest BCUT2D eigenvalue weighted by molar-refractivity contribution is 0.0564. The summed E-state index contributed by atoms with van der Waals surface area (Å²) in [4.78, 5) is 18.9. The van der Waals surface area contributed by atoms with Crippen molar-refractivity contribution in [3.8, 4) is 10.7 Å². The lowest BCUT2D eigenvalue weighted by Crippen LogP contribution is -2.48. The number of amides is 1. The zero-order valence-corrected chi connectivity index (χ0v) is 13.1. The molecule has 0 aliphatic carbocycles. The van der Waals surface area contributed by atoms with Gasteiger partial charge in [0.1, 0.15) is 11.6 Å². The van der Waals surface area contributed by atoms with Gasteiger partial charge in [0.15, 0.2) is 0 Å². The molecule has 24 heavy (non-hydrogen) atoms. The van der Waals surface area contributed by atoms with E-state index in [4.69, 9.17) is 4.52 Å². The fourth-order valence-electron chi connectivity index (χ4n) is 2.54. The number of halogens is 2. The van der Waals surface area contributed by atoms with E-state index in [1.165, 1.54) is 16.2 Å². The van der Waals surface area contributed by atoms with E-state index in [9.17, 15) is 13.6 Å². The van der Waals surface area contributed by atoms with Crippen LogP contribution in [0, 0.1) is 11.6 Å². The van der Waals surface area contributed by atoms with Crippen LogP contribution in [0.4, 0.5) is 8.78 Å². The molecule has 0 atom stereocenters. The summed E-state index contributed by atoms with van der Waals surface area (Å²) in [6.45, 7) is 0.726. The number of carbonyl (C=O) groups is 1. The van der Waals surface area contributed by atoms with Gasteiger partial charge in [-0.05, 0) is 23.6 Å². The first-order valence-corrected chi connectivity index (χ1v) is 8.11. The van der Waals surface area contributed by atoms with E-state index in [1.54, 1.807) is 0 Å². The van der Waals surface area contributed by atoms with Gasteiger partial charge < -0.3 is 9.42 Å². The fraction of sp³-hybridized carbons (Fsp3) is 0.188. The zero-order chi connectivity index (χ0) is 16.7. The van der Waals surface area contributed by atoms with Gasteiger partial charge in [-0.1, -0.05) is 11.2 Å². The Morgan fingerprint density at radius 3 is 2.83 bits per heavy atom. The van der Waals surface area contributed by atoms with Crippen molar-refractivity contribution in [2.24, 2.45) is 0 Å². The molecule has 0 spiro atoms. The maximum absolute atomic E-state index is 13.7. The van der Waals surface area contributed by atoms with Crippen LogP contribution in [0.3, 0.4) is 0 Å². The second-order valence-electron chi connectivity index (χ2n) is 5.46. The first-order chi connectivity index (χ1) is 11.6. The van der Waals surface area contributed by atoms with Crippen molar-refractivity contribution >= 4 is 17.2 Å². The summed E-state index contributed by atoms with van der Waals surface area (Å²) in [6, 6.07) is 6.72. The largest absolute Gasteiger partial charge is 0.339 e. The third kappa shape index (κ3) is 2.58. The van der Waals surface area contributed by atoms with E-state index < -0.39 is 17.5 Å². The van der Waals surface area contributed by atoms with E-state index in [1.807, 2.05) is 17.5 Å². The van der Waals surface area contributed by atoms with Crippen molar-refractivity contribution < 1.29 is 18.1 Å². The average Bonchev–Trinajstić information content (AvgIpc) is 3.16. The first-order valence-electron chi connectivity index (χ1n) is 7.23. The Labute approximate surface area is 139 Å². The summed E-state index contributed by atoms with van der Waals surface area (Å²) in [5.41, 5.74) is -0.139. The van der Waals surface area contributed by atoms with E-state index in [2.05, 4.69) is 10.1 Å². The number of thiophene rings is 1. The molecule has 1 aliphatic heterocycles. The minimum atomic E-state index is -0.860. The highest BCUT2D eigenvalue weighted by Gasteiger charge is 2.36. The number of carbonyl (C=O) groups excluding carboxylic acids is 1. The first kappa shape index (κ1) is 14.9.